The minimum Gasteiger partial charge on any atom is -0.306 e. The highest BCUT2D eigenvalue weighted by atomic mass is 79.9. The Morgan fingerprint density at radius 2 is 2.27 bits per heavy atom. The second-order valence-corrected chi connectivity index (χ2v) is 5.22. The van der Waals surface area contributed by atoms with Crippen molar-refractivity contribution in [3.63, 3.8) is 0 Å². The summed E-state index contributed by atoms with van der Waals surface area (Å²) in [6.45, 7) is 3.16. The van der Waals surface area contributed by atoms with Gasteiger partial charge in [0.25, 0.3) is 0 Å². The van der Waals surface area contributed by atoms with E-state index in [9.17, 15) is 0 Å². The molecule has 0 aromatic carbocycles. The topological polar surface area (TPSA) is 24.9 Å². The van der Waals surface area contributed by atoms with Crippen molar-refractivity contribution in [1.82, 2.24) is 10.3 Å². The first-order chi connectivity index (χ1) is 7.24. The van der Waals surface area contributed by atoms with Crippen molar-refractivity contribution >= 4 is 15.9 Å². The quantitative estimate of drug-likeness (QED) is 0.907. The van der Waals surface area contributed by atoms with Gasteiger partial charge in [0.15, 0.2) is 0 Å². The predicted octanol–water partition coefficient (Wildman–Crippen LogP) is 3.27. The summed E-state index contributed by atoms with van der Waals surface area (Å²) >= 11 is 3.39. The van der Waals surface area contributed by atoms with Gasteiger partial charge in [0.2, 0.25) is 0 Å². The van der Waals surface area contributed by atoms with Crippen LogP contribution in [0, 0.1) is 0 Å². The summed E-state index contributed by atoms with van der Waals surface area (Å²) in [5.41, 5.74) is 1.53. The van der Waals surface area contributed by atoms with E-state index in [1.54, 1.807) is 0 Å². The molecule has 15 heavy (non-hydrogen) atoms. The number of rotatable bonds is 4. The van der Waals surface area contributed by atoms with E-state index in [0.29, 0.717) is 5.54 Å². The summed E-state index contributed by atoms with van der Waals surface area (Å²) in [4.78, 5) is 4.36. The lowest BCUT2D eigenvalue weighted by Crippen LogP contribution is -2.49. The third-order valence-corrected chi connectivity index (χ3v) is 3.89. The molecule has 1 heterocycles. The number of aromatic nitrogens is 1. The van der Waals surface area contributed by atoms with Crippen LogP contribution in [0.2, 0.25) is 0 Å². The van der Waals surface area contributed by atoms with Crippen LogP contribution < -0.4 is 5.32 Å². The van der Waals surface area contributed by atoms with E-state index in [1.807, 2.05) is 12.3 Å². The molecular formula is C12H17BrN2. The number of hydrogen-bond acceptors (Lipinski definition) is 2. The van der Waals surface area contributed by atoms with Gasteiger partial charge in [0.1, 0.15) is 0 Å². The van der Waals surface area contributed by atoms with Gasteiger partial charge in [-0.3, -0.25) is 4.98 Å². The van der Waals surface area contributed by atoms with Crippen LogP contribution in [0.25, 0.3) is 0 Å². The minimum absolute atomic E-state index is 0.411. The Labute approximate surface area is 99.6 Å². The normalized spacial score (nSPS) is 18.5. The smallest absolute Gasteiger partial charge is 0.0542 e. The molecular weight excluding hydrogens is 252 g/mol. The summed E-state index contributed by atoms with van der Waals surface area (Å²) < 4.78 is 1.04. The SMILES string of the molecule is CCC1(NCc2ccc(Br)cn2)CCC1. The third-order valence-electron chi connectivity index (χ3n) is 3.42. The average Bonchev–Trinajstić information content (AvgIpc) is 2.20. The first-order valence-electron chi connectivity index (χ1n) is 5.60. The highest BCUT2D eigenvalue weighted by molar-refractivity contribution is 9.10. The summed E-state index contributed by atoms with van der Waals surface area (Å²) in [5, 5.41) is 3.64. The molecule has 3 heteroatoms. The predicted molar refractivity (Wildman–Crippen MR) is 65.6 cm³/mol. The largest absolute Gasteiger partial charge is 0.306 e. The van der Waals surface area contributed by atoms with Crippen LogP contribution in [0.3, 0.4) is 0 Å². The Bertz CT molecular complexity index is 311. The van der Waals surface area contributed by atoms with Gasteiger partial charge < -0.3 is 5.32 Å². The van der Waals surface area contributed by atoms with E-state index < -0.39 is 0 Å². The highest BCUT2D eigenvalue weighted by Crippen LogP contribution is 2.34. The highest BCUT2D eigenvalue weighted by Gasteiger charge is 2.34. The van der Waals surface area contributed by atoms with Crippen molar-refractivity contribution in [2.75, 3.05) is 0 Å². The Morgan fingerprint density at radius 3 is 2.73 bits per heavy atom. The van der Waals surface area contributed by atoms with Gasteiger partial charge in [-0.25, -0.2) is 0 Å². The average molecular weight is 269 g/mol. The van der Waals surface area contributed by atoms with Gasteiger partial charge in [-0.1, -0.05) is 6.92 Å². The Morgan fingerprint density at radius 1 is 1.47 bits per heavy atom. The van der Waals surface area contributed by atoms with Crippen LogP contribution in [0.5, 0.6) is 0 Å². The maximum Gasteiger partial charge on any atom is 0.0542 e. The first kappa shape index (κ1) is 11.1. The number of halogens is 1. The monoisotopic (exact) mass is 268 g/mol. The number of pyridine rings is 1. The Balaban J connectivity index is 1.90. The van der Waals surface area contributed by atoms with E-state index in [4.69, 9.17) is 0 Å². The first-order valence-corrected chi connectivity index (χ1v) is 6.39. The molecule has 1 aliphatic rings. The lowest BCUT2D eigenvalue weighted by atomic mass is 9.75. The molecule has 2 nitrogen and oxygen atoms in total. The Hall–Kier alpha value is -0.410. The summed E-state index contributed by atoms with van der Waals surface area (Å²) in [7, 11) is 0. The standard InChI is InChI=1S/C12H17BrN2/c1-2-12(6-3-7-12)15-9-11-5-4-10(13)8-14-11/h4-5,8,15H,2-3,6-7,9H2,1H3. The maximum absolute atomic E-state index is 4.36. The molecule has 0 amide bonds. The number of hydrogen-bond donors (Lipinski definition) is 1. The Kier molecular flexibility index (Phi) is 3.42. The van der Waals surface area contributed by atoms with Gasteiger partial charge in [-0.15, -0.1) is 0 Å². The molecule has 0 aliphatic heterocycles. The zero-order chi connectivity index (χ0) is 10.7. The van der Waals surface area contributed by atoms with Crippen molar-refractivity contribution in [2.24, 2.45) is 0 Å². The van der Waals surface area contributed by atoms with Gasteiger partial charge in [-0.05, 0) is 53.7 Å². The zero-order valence-corrected chi connectivity index (χ0v) is 10.7. The number of nitrogens with one attached hydrogen (secondary N) is 1. The molecule has 1 aromatic heterocycles. The fraction of sp³-hybridized carbons (Fsp3) is 0.583. The van der Waals surface area contributed by atoms with Crippen LogP contribution in [0.4, 0.5) is 0 Å². The van der Waals surface area contributed by atoms with Gasteiger partial charge in [-0.2, -0.15) is 0 Å². The molecule has 0 radical (unpaired) electrons. The molecule has 2 rings (SSSR count). The molecule has 0 atom stereocenters. The van der Waals surface area contributed by atoms with Crippen LogP contribution in [-0.2, 0) is 6.54 Å². The van der Waals surface area contributed by atoms with Gasteiger partial charge >= 0.3 is 0 Å². The van der Waals surface area contributed by atoms with Crippen molar-refractivity contribution in [3.8, 4) is 0 Å². The van der Waals surface area contributed by atoms with Crippen molar-refractivity contribution < 1.29 is 0 Å². The number of nitrogens with zero attached hydrogens (tertiary/aromatic N) is 1. The summed E-state index contributed by atoms with van der Waals surface area (Å²) in [5.74, 6) is 0. The molecule has 0 spiro atoms. The molecule has 1 saturated carbocycles. The van der Waals surface area contributed by atoms with Crippen molar-refractivity contribution in [1.29, 1.82) is 0 Å². The zero-order valence-electron chi connectivity index (χ0n) is 9.09. The lowest BCUT2D eigenvalue weighted by Gasteiger charge is -2.42. The van der Waals surface area contributed by atoms with E-state index >= 15 is 0 Å². The molecule has 1 aliphatic carbocycles. The molecule has 82 valence electrons. The fourth-order valence-corrected chi connectivity index (χ4v) is 2.28. The second-order valence-electron chi connectivity index (χ2n) is 4.31. The van der Waals surface area contributed by atoms with E-state index in [1.165, 1.54) is 25.7 Å². The minimum atomic E-state index is 0.411. The molecule has 1 fully saturated rings. The fourth-order valence-electron chi connectivity index (χ4n) is 2.05. The summed E-state index contributed by atoms with van der Waals surface area (Å²) in [6.07, 6.45) is 7.09. The van der Waals surface area contributed by atoms with Gasteiger partial charge in [0, 0.05) is 22.8 Å². The van der Waals surface area contributed by atoms with E-state index in [-0.39, 0.29) is 0 Å². The van der Waals surface area contributed by atoms with Gasteiger partial charge in [0.05, 0.1) is 5.69 Å². The van der Waals surface area contributed by atoms with E-state index in [0.717, 1.165) is 16.7 Å². The van der Waals surface area contributed by atoms with E-state index in [2.05, 4.69) is 39.2 Å². The third kappa shape index (κ3) is 2.58. The van der Waals surface area contributed by atoms with Crippen LogP contribution >= 0.6 is 15.9 Å². The van der Waals surface area contributed by atoms with Crippen molar-refractivity contribution in [2.45, 2.75) is 44.7 Å². The van der Waals surface area contributed by atoms with Crippen LogP contribution in [-0.4, -0.2) is 10.5 Å². The summed E-state index contributed by atoms with van der Waals surface area (Å²) in [6, 6.07) is 4.11. The van der Waals surface area contributed by atoms with Crippen LogP contribution in [0.1, 0.15) is 38.3 Å². The molecule has 0 unspecified atom stereocenters. The van der Waals surface area contributed by atoms with Crippen molar-refractivity contribution in [3.05, 3.63) is 28.5 Å². The molecule has 0 bridgehead atoms. The molecule has 1 aromatic rings. The van der Waals surface area contributed by atoms with Crippen LogP contribution in [0.15, 0.2) is 22.8 Å². The second kappa shape index (κ2) is 4.62. The maximum atomic E-state index is 4.36. The molecule has 0 saturated heterocycles. The lowest BCUT2D eigenvalue weighted by molar-refractivity contribution is 0.175. The molecule has 1 N–H and O–H groups in total.